The molecule has 0 bridgehead atoms. The third-order valence-electron chi connectivity index (χ3n) is 1.99. The molecule has 0 spiro atoms. The first-order chi connectivity index (χ1) is 4.59. The van der Waals surface area contributed by atoms with Crippen molar-refractivity contribution in [3.05, 3.63) is 0 Å². The van der Waals surface area contributed by atoms with Gasteiger partial charge in [-0.25, -0.2) is 0 Å². The Bertz CT molecular complexity index is 172. The predicted molar refractivity (Wildman–Crippen MR) is 26.3 cm³/mol. The molecule has 0 amide bonds. The molecule has 0 aromatic heterocycles. The van der Waals surface area contributed by atoms with Crippen molar-refractivity contribution >= 4 is 11.9 Å². The molecule has 0 N–H and O–H groups in total. The van der Waals surface area contributed by atoms with Gasteiger partial charge in [0.1, 0.15) is 0 Å². The van der Waals surface area contributed by atoms with E-state index in [1.807, 2.05) is 0 Å². The number of carboxylic acids is 2. The van der Waals surface area contributed by atoms with Crippen molar-refractivity contribution in [2.24, 2.45) is 5.41 Å². The number of carbonyl (C=O) groups is 2. The molecule has 0 aliphatic heterocycles. The molecule has 0 aromatic rings. The molecule has 1 rings (SSSR count). The van der Waals surface area contributed by atoms with E-state index in [4.69, 9.17) is 0 Å². The van der Waals surface area contributed by atoms with Gasteiger partial charge in [0.25, 0.3) is 0 Å². The minimum Gasteiger partial charge on any atom is -0.549 e. The smallest absolute Gasteiger partial charge is 0.549 e. The molecule has 0 unspecified atom stereocenters. The van der Waals surface area contributed by atoms with Gasteiger partial charge >= 0.3 is 103 Å². The van der Waals surface area contributed by atoms with Gasteiger partial charge in [-0.2, -0.15) is 0 Å². The van der Waals surface area contributed by atoms with E-state index in [0.717, 1.165) is 0 Å². The third kappa shape index (κ3) is 3.11. The fourth-order valence-electron chi connectivity index (χ4n) is 1.02. The molecule has 12 heavy (non-hydrogen) atoms. The monoisotopic (exact) mass is 220 g/mol. The van der Waals surface area contributed by atoms with Gasteiger partial charge in [0, 0.05) is 5.41 Å². The molecule has 0 saturated heterocycles. The molecule has 0 aromatic carbocycles. The van der Waals surface area contributed by atoms with E-state index in [9.17, 15) is 19.8 Å². The van der Waals surface area contributed by atoms with Crippen LogP contribution in [0, 0.1) is 5.41 Å². The second-order valence-corrected chi connectivity index (χ2v) is 2.51. The molecule has 4 nitrogen and oxygen atoms in total. The molecular weight excluding hydrogens is 214 g/mol. The summed E-state index contributed by atoms with van der Waals surface area (Å²) in [6.07, 6.45) is 0.928. The molecule has 6 heteroatoms. The number of aliphatic carboxylic acids is 2. The minimum absolute atomic E-state index is 0. The summed E-state index contributed by atoms with van der Waals surface area (Å²) >= 11 is 0. The van der Waals surface area contributed by atoms with Crippen LogP contribution in [0.2, 0.25) is 0 Å². The van der Waals surface area contributed by atoms with Crippen molar-refractivity contribution in [1.82, 2.24) is 0 Å². The standard InChI is InChI=1S/C6H8O4.2K/c7-4(8)6(5(9)10)2-1-3-6;;/h1-3H2,(H,7,8)(H,9,10);;/q;2*+1/p-2. The molecule has 1 fully saturated rings. The number of carbonyl (C=O) groups excluding carboxylic acids is 2. The van der Waals surface area contributed by atoms with E-state index in [0.29, 0.717) is 6.42 Å². The maximum Gasteiger partial charge on any atom is 1.00 e. The third-order valence-corrected chi connectivity index (χ3v) is 1.99. The quantitative estimate of drug-likeness (QED) is 0.342. The van der Waals surface area contributed by atoms with E-state index in [2.05, 4.69) is 0 Å². The van der Waals surface area contributed by atoms with Crippen molar-refractivity contribution < 1.29 is 123 Å². The van der Waals surface area contributed by atoms with Crippen molar-refractivity contribution in [1.29, 1.82) is 0 Å². The Morgan fingerprint density at radius 2 is 1.33 bits per heavy atom. The van der Waals surface area contributed by atoms with Crippen molar-refractivity contribution in [2.75, 3.05) is 0 Å². The molecule has 1 aliphatic rings. The Morgan fingerprint density at radius 3 is 1.33 bits per heavy atom. The van der Waals surface area contributed by atoms with E-state index in [1.54, 1.807) is 0 Å². The van der Waals surface area contributed by atoms with Crippen LogP contribution in [0.15, 0.2) is 0 Å². The summed E-state index contributed by atoms with van der Waals surface area (Å²) in [6, 6.07) is 0. The largest absolute Gasteiger partial charge is 1.00 e. The van der Waals surface area contributed by atoms with Crippen molar-refractivity contribution in [3.8, 4) is 0 Å². The first-order valence-electron chi connectivity index (χ1n) is 3.02. The van der Waals surface area contributed by atoms with Crippen LogP contribution in [0.5, 0.6) is 0 Å². The average Bonchev–Trinajstić information content (AvgIpc) is 1.57. The summed E-state index contributed by atoms with van der Waals surface area (Å²) in [7, 11) is 0. The van der Waals surface area contributed by atoms with Crippen LogP contribution in [0.25, 0.3) is 0 Å². The van der Waals surface area contributed by atoms with Gasteiger partial charge in [-0.05, 0) is 12.8 Å². The summed E-state index contributed by atoms with van der Waals surface area (Å²) in [4.78, 5) is 20.4. The van der Waals surface area contributed by atoms with Gasteiger partial charge in [-0.15, -0.1) is 0 Å². The van der Waals surface area contributed by atoms with Crippen LogP contribution < -0.4 is 113 Å². The van der Waals surface area contributed by atoms with Crippen LogP contribution in [-0.4, -0.2) is 11.9 Å². The van der Waals surface area contributed by atoms with Gasteiger partial charge in [0.15, 0.2) is 0 Å². The zero-order valence-electron chi connectivity index (χ0n) is 7.25. The summed E-state index contributed by atoms with van der Waals surface area (Å²) in [5.41, 5.74) is -1.67. The number of carboxylic acid groups (broad SMARTS) is 2. The van der Waals surface area contributed by atoms with Gasteiger partial charge in [-0.1, -0.05) is 6.42 Å². The van der Waals surface area contributed by atoms with Crippen molar-refractivity contribution in [2.45, 2.75) is 19.3 Å². The summed E-state index contributed by atoms with van der Waals surface area (Å²) < 4.78 is 0. The normalized spacial score (nSPS) is 17.7. The second-order valence-electron chi connectivity index (χ2n) is 2.51. The minimum atomic E-state index is -1.67. The first kappa shape index (κ1) is 16.6. The number of hydrogen-bond acceptors (Lipinski definition) is 4. The molecule has 56 valence electrons. The van der Waals surface area contributed by atoms with Gasteiger partial charge in [0.2, 0.25) is 0 Å². The van der Waals surface area contributed by atoms with E-state index >= 15 is 0 Å². The zero-order chi connectivity index (χ0) is 7.78. The Balaban J connectivity index is 0. The van der Waals surface area contributed by atoms with E-state index in [1.165, 1.54) is 0 Å². The van der Waals surface area contributed by atoms with Crippen LogP contribution in [0.1, 0.15) is 19.3 Å². The molecule has 0 atom stereocenters. The van der Waals surface area contributed by atoms with E-state index in [-0.39, 0.29) is 116 Å². The Hall–Kier alpha value is 2.21. The molecule has 0 heterocycles. The molecule has 0 radical (unpaired) electrons. The van der Waals surface area contributed by atoms with Crippen molar-refractivity contribution in [3.63, 3.8) is 0 Å². The topological polar surface area (TPSA) is 80.3 Å². The maximum absolute atomic E-state index is 10.2. The number of rotatable bonds is 2. The van der Waals surface area contributed by atoms with Gasteiger partial charge < -0.3 is 19.8 Å². The fraction of sp³-hybridized carbons (Fsp3) is 0.667. The van der Waals surface area contributed by atoms with Crippen LogP contribution in [0.3, 0.4) is 0 Å². The predicted octanol–water partition coefficient (Wildman–Crippen LogP) is -8.34. The molecule has 1 saturated carbocycles. The summed E-state index contributed by atoms with van der Waals surface area (Å²) in [6.45, 7) is 0. The zero-order valence-corrected chi connectivity index (χ0v) is 13.5. The Labute approximate surface area is 155 Å². The summed E-state index contributed by atoms with van der Waals surface area (Å²) in [5.74, 6) is -3.03. The second kappa shape index (κ2) is 6.65. The van der Waals surface area contributed by atoms with Gasteiger partial charge in [-0.3, -0.25) is 0 Å². The van der Waals surface area contributed by atoms with Crippen LogP contribution >= 0.6 is 0 Å². The number of hydrogen-bond donors (Lipinski definition) is 0. The Kier molecular flexibility index (Phi) is 9.22. The van der Waals surface area contributed by atoms with Crippen LogP contribution in [-0.2, 0) is 9.59 Å². The average molecular weight is 220 g/mol. The van der Waals surface area contributed by atoms with E-state index < -0.39 is 17.4 Å². The van der Waals surface area contributed by atoms with Crippen LogP contribution in [0.4, 0.5) is 0 Å². The van der Waals surface area contributed by atoms with Gasteiger partial charge in [0.05, 0.1) is 11.9 Å². The Morgan fingerprint density at radius 1 is 1.00 bits per heavy atom. The summed E-state index contributed by atoms with van der Waals surface area (Å²) in [5, 5.41) is 20.4. The molecule has 1 aliphatic carbocycles. The SMILES string of the molecule is O=C([O-])C1(C(=O)[O-])CCC1.[K+].[K+]. The first-order valence-corrected chi connectivity index (χ1v) is 3.02. The fourth-order valence-corrected chi connectivity index (χ4v) is 1.02. The maximum atomic E-state index is 10.2. The molecular formula is C6H6K2O4.